The molecule has 3 rings (SSSR count). The van der Waals surface area contributed by atoms with Gasteiger partial charge in [-0.3, -0.25) is 14.4 Å². The maximum Gasteiger partial charge on any atom is 0.292 e. The largest absolute Gasteiger partial charge is 0.352 e. The van der Waals surface area contributed by atoms with E-state index in [9.17, 15) is 14.4 Å². The Kier molecular flexibility index (Phi) is 4.83. The second-order valence-electron chi connectivity index (χ2n) is 5.11. The molecule has 3 N–H and O–H groups in total. The second kappa shape index (κ2) is 7.38. The molecule has 2 heterocycles. The molecular formula is C16H14N6O4. The van der Waals surface area contributed by atoms with Crippen LogP contribution in [0.3, 0.4) is 0 Å². The lowest BCUT2D eigenvalue weighted by Gasteiger charge is -2.03. The lowest BCUT2D eigenvalue weighted by atomic mass is 10.2. The quantitative estimate of drug-likeness (QED) is 0.590. The zero-order valence-corrected chi connectivity index (χ0v) is 13.6. The van der Waals surface area contributed by atoms with Crippen LogP contribution in [0, 0.1) is 0 Å². The van der Waals surface area contributed by atoms with Crippen molar-refractivity contribution in [1.82, 2.24) is 30.7 Å². The van der Waals surface area contributed by atoms with Gasteiger partial charge in [-0.2, -0.15) is 4.98 Å². The van der Waals surface area contributed by atoms with Crippen LogP contribution in [0.15, 0.2) is 45.8 Å². The molecule has 26 heavy (non-hydrogen) atoms. The molecule has 10 nitrogen and oxygen atoms in total. The van der Waals surface area contributed by atoms with Gasteiger partial charge in [0.15, 0.2) is 0 Å². The van der Waals surface area contributed by atoms with Crippen LogP contribution in [0.5, 0.6) is 0 Å². The van der Waals surface area contributed by atoms with Crippen molar-refractivity contribution in [3.8, 4) is 11.4 Å². The van der Waals surface area contributed by atoms with Crippen LogP contribution in [0.4, 0.5) is 0 Å². The monoisotopic (exact) mass is 354 g/mol. The smallest absolute Gasteiger partial charge is 0.292 e. The molecule has 3 aromatic rings. The van der Waals surface area contributed by atoms with E-state index in [1.807, 2.05) is 18.2 Å². The van der Waals surface area contributed by atoms with E-state index in [1.54, 1.807) is 12.1 Å². The van der Waals surface area contributed by atoms with Gasteiger partial charge in [0.25, 0.3) is 23.2 Å². The number of aromatic amines is 1. The van der Waals surface area contributed by atoms with Crippen LogP contribution in [0.25, 0.3) is 11.4 Å². The molecule has 0 saturated carbocycles. The van der Waals surface area contributed by atoms with Gasteiger partial charge in [-0.25, -0.2) is 4.98 Å². The van der Waals surface area contributed by atoms with Crippen LogP contribution in [-0.4, -0.2) is 39.0 Å². The Balaban J connectivity index is 1.69. The molecular weight excluding hydrogens is 340 g/mol. The fourth-order valence-corrected chi connectivity index (χ4v) is 2.08. The Morgan fingerprint density at radius 3 is 2.65 bits per heavy atom. The van der Waals surface area contributed by atoms with E-state index < -0.39 is 17.4 Å². The van der Waals surface area contributed by atoms with Crippen LogP contribution >= 0.6 is 0 Å². The van der Waals surface area contributed by atoms with E-state index in [4.69, 9.17) is 4.52 Å². The lowest BCUT2D eigenvalue weighted by Crippen LogP contribution is -2.30. The summed E-state index contributed by atoms with van der Waals surface area (Å²) in [5, 5.41) is 8.28. The highest BCUT2D eigenvalue weighted by atomic mass is 16.5. The Labute approximate surface area is 146 Å². The average molecular weight is 354 g/mol. The maximum absolute atomic E-state index is 12.1. The summed E-state index contributed by atoms with van der Waals surface area (Å²) >= 11 is 0. The molecule has 0 unspecified atom stereocenters. The number of hydrogen-bond acceptors (Lipinski definition) is 7. The van der Waals surface area contributed by atoms with Gasteiger partial charge in [-0.1, -0.05) is 35.5 Å². The molecule has 10 heteroatoms. The molecule has 0 fully saturated rings. The number of amides is 2. The average Bonchev–Trinajstić information content (AvgIpc) is 3.15. The molecule has 0 radical (unpaired) electrons. The normalized spacial score (nSPS) is 10.3. The molecule has 2 aromatic heterocycles. The minimum absolute atomic E-state index is 0.0299. The fourth-order valence-electron chi connectivity index (χ4n) is 2.08. The van der Waals surface area contributed by atoms with Gasteiger partial charge >= 0.3 is 0 Å². The third-order valence-corrected chi connectivity index (χ3v) is 3.39. The van der Waals surface area contributed by atoms with Gasteiger partial charge in [0, 0.05) is 18.8 Å². The fraction of sp³-hybridized carbons (Fsp3) is 0.125. The summed E-state index contributed by atoms with van der Waals surface area (Å²) in [7, 11) is 1.43. The van der Waals surface area contributed by atoms with E-state index in [0.29, 0.717) is 5.82 Å². The molecule has 0 saturated heterocycles. The van der Waals surface area contributed by atoms with Crippen molar-refractivity contribution in [1.29, 1.82) is 0 Å². The minimum atomic E-state index is -0.655. The van der Waals surface area contributed by atoms with E-state index in [-0.39, 0.29) is 23.8 Å². The summed E-state index contributed by atoms with van der Waals surface area (Å²) in [6, 6.07) is 9.05. The second-order valence-corrected chi connectivity index (χ2v) is 5.11. The number of aromatic nitrogens is 4. The van der Waals surface area contributed by atoms with Gasteiger partial charge in [0.1, 0.15) is 11.4 Å². The summed E-state index contributed by atoms with van der Waals surface area (Å²) in [5.74, 6) is -0.925. The van der Waals surface area contributed by atoms with E-state index in [1.165, 1.54) is 13.2 Å². The molecule has 0 aliphatic heterocycles. The van der Waals surface area contributed by atoms with E-state index in [2.05, 4.69) is 30.7 Å². The highest BCUT2D eigenvalue weighted by Crippen LogP contribution is 2.11. The molecule has 0 spiro atoms. The molecule has 0 aliphatic carbocycles. The van der Waals surface area contributed by atoms with Crippen LogP contribution in [0.2, 0.25) is 0 Å². The number of nitrogens with one attached hydrogen (secondary N) is 3. The number of benzene rings is 1. The van der Waals surface area contributed by atoms with Gasteiger partial charge in [0.2, 0.25) is 5.89 Å². The first-order chi connectivity index (χ1) is 12.6. The number of hydrogen-bond donors (Lipinski definition) is 3. The van der Waals surface area contributed by atoms with Crippen LogP contribution in [-0.2, 0) is 6.54 Å². The topological polar surface area (TPSA) is 143 Å². The van der Waals surface area contributed by atoms with Crippen molar-refractivity contribution >= 4 is 11.8 Å². The number of nitrogens with zero attached hydrogens (tertiary/aromatic N) is 3. The molecule has 132 valence electrons. The van der Waals surface area contributed by atoms with E-state index in [0.717, 1.165) is 5.56 Å². The van der Waals surface area contributed by atoms with Crippen molar-refractivity contribution in [2.24, 2.45) is 0 Å². The number of carbonyl (C=O) groups excluding carboxylic acids is 2. The van der Waals surface area contributed by atoms with Gasteiger partial charge in [-0.05, 0) is 0 Å². The predicted octanol–water partition coefficient (Wildman–Crippen LogP) is 0.109. The zero-order valence-electron chi connectivity index (χ0n) is 13.6. The molecule has 0 bridgehead atoms. The number of H-pyrrole nitrogens is 1. The van der Waals surface area contributed by atoms with E-state index >= 15 is 0 Å². The maximum atomic E-state index is 12.1. The summed E-state index contributed by atoms with van der Waals surface area (Å²) < 4.78 is 4.84. The summed E-state index contributed by atoms with van der Waals surface area (Å²) in [6.07, 6.45) is 1.19. The van der Waals surface area contributed by atoms with Gasteiger partial charge < -0.3 is 20.1 Å². The van der Waals surface area contributed by atoms with Gasteiger partial charge in [0.05, 0.1) is 6.54 Å². The molecule has 1 aromatic carbocycles. The first-order valence-corrected chi connectivity index (χ1v) is 7.56. The molecule has 0 aliphatic rings. The van der Waals surface area contributed by atoms with Crippen LogP contribution < -0.4 is 16.2 Å². The number of rotatable bonds is 5. The summed E-state index contributed by atoms with van der Waals surface area (Å²) in [6.45, 7) is -0.136. The predicted molar refractivity (Wildman–Crippen MR) is 89.2 cm³/mol. The third kappa shape index (κ3) is 3.64. The highest BCUT2D eigenvalue weighted by Gasteiger charge is 2.16. The molecule has 0 atom stereocenters. The highest BCUT2D eigenvalue weighted by molar-refractivity contribution is 5.93. The summed E-state index contributed by atoms with van der Waals surface area (Å²) in [5.41, 5.74) is -0.00667. The molecule has 2 amide bonds. The SMILES string of the molecule is CNC(=O)c1noc(CNC(=O)c2cnc(-c3ccccc3)[nH]c2=O)n1. The van der Waals surface area contributed by atoms with Crippen molar-refractivity contribution in [3.63, 3.8) is 0 Å². The first kappa shape index (κ1) is 17.0. The Bertz CT molecular complexity index is 995. The van der Waals surface area contributed by atoms with Gasteiger partial charge in [-0.15, -0.1) is 0 Å². The standard InChI is InChI=1S/C16H14N6O4/c1-17-16(25)13-20-11(26-22-13)8-19-14(23)10-7-18-12(21-15(10)24)9-5-3-2-4-6-9/h2-7H,8H2,1H3,(H,17,25)(H,19,23)(H,18,21,24). The summed E-state index contributed by atoms with van der Waals surface area (Å²) in [4.78, 5) is 46.1. The Morgan fingerprint density at radius 1 is 1.19 bits per heavy atom. The van der Waals surface area contributed by atoms with Crippen LogP contribution in [0.1, 0.15) is 26.9 Å². The Morgan fingerprint density at radius 2 is 1.96 bits per heavy atom. The minimum Gasteiger partial charge on any atom is -0.352 e. The number of carbonyl (C=O) groups is 2. The Hall–Kier alpha value is -3.82. The lowest BCUT2D eigenvalue weighted by molar-refractivity contribution is 0.0937. The zero-order chi connectivity index (χ0) is 18.5. The van der Waals surface area contributed by atoms with Crippen molar-refractivity contribution in [3.05, 3.63) is 64.2 Å². The first-order valence-electron chi connectivity index (χ1n) is 7.56. The third-order valence-electron chi connectivity index (χ3n) is 3.39. The van der Waals surface area contributed by atoms with Crippen molar-refractivity contribution in [2.45, 2.75) is 6.54 Å². The van der Waals surface area contributed by atoms with Crippen molar-refractivity contribution in [2.75, 3.05) is 7.05 Å². The van der Waals surface area contributed by atoms with Crippen molar-refractivity contribution < 1.29 is 14.1 Å².